The first-order valence-electron chi connectivity index (χ1n) is 7.15. The number of aromatic nitrogens is 1. The van der Waals surface area contributed by atoms with Gasteiger partial charge < -0.3 is 9.47 Å². The van der Waals surface area contributed by atoms with E-state index in [-0.39, 0.29) is 13.0 Å². The number of hydrogen-bond acceptors (Lipinski definition) is 7. The molecule has 0 unspecified atom stereocenters. The second-order valence-corrected chi connectivity index (χ2v) is 4.75. The summed E-state index contributed by atoms with van der Waals surface area (Å²) in [5.41, 5.74) is 1.56. The van der Waals surface area contributed by atoms with Gasteiger partial charge in [-0.1, -0.05) is 0 Å². The van der Waals surface area contributed by atoms with Crippen molar-refractivity contribution in [2.75, 3.05) is 20.4 Å². The van der Waals surface area contributed by atoms with Gasteiger partial charge in [-0.3, -0.25) is 10.6 Å². The number of fused-ring (bicyclic) bond motifs is 1. The SMILES string of the molecule is CCOc1cc(COOC2NCN2)nc2ccc(OC)cc12. The molecule has 0 spiro atoms. The summed E-state index contributed by atoms with van der Waals surface area (Å²) in [5.74, 6) is 1.52. The van der Waals surface area contributed by atoms with Crippen LogP contribution in [0.4, 0.5) is 0 Å². The molecule has 2 N–H and O–H groups in total. The van der Waals surface area contributed by atoms with Crippen LogP contribution >= 0.6 is 0 Å². The van der Waals surface area contributed by atoms with Crippen LogP contribution in [0.5, 0.6) is 11.5 Å². The molecule has 22 heavy (non-hydrogen) atoms. The highest BCUT2D eigenvalue weighted by molar-refractivity contribution is 5.86. The minimum Gasteiger partial charge on any atom is -0.497 e. The van der Waals surface area contributed by atoms with E-state index in [4.69, 9.17) is 19.2 Å². The van der Waals surface area contributed by atoms with Crippen molar-refractivity contribution in [1.82, 2.24) is 15.6 Å². The lowest BCUT2D eigenvalue weighted by molar-refractivity contribution is -0.358. The summed E-state index contributed by atoms with van der Waals surface area (Å²) in [4.78, 5) is 14.8. The van der Waals surface area contributed by atoms with Crippen molar-refractivity contribution in [2.45, 2.75) is 19.9 Å². The average Bonchev–Trinajstić information content (AvgIpc) is 2.49. The van der Waals surface area contributed by atoms with Crippen LogP contribution in [0.15, 0.2) is 24.3 Å². The van der Waals surface area contributed by atoms with E-state index in [0.717, 1.165) is 34.8 Å². The molecule has 1 aliphatic rings. The van der Waals surface area contributed by atoms with E-state index >= 15 is 0 Å². The number of ether oxygens (including phenoxy) is 2. The Bertz CT molecular complexity index is 646. The van der Waals surface area contributed by atoms with E-state index in [1.165, 1.54) is 0 Å². The molecule has 0 amide bonds. The molecule has 7 heteroatoms. The molecule has 0 saturated carbocycles. The minimum absolute atomic E-state index is 0.238. The second-order valence-electron chi connectivity index (χ2n) is 4.75. The highest BCUT2D eigenvalue weighted by Crippen LogP contribution is 2.29. The van der Waals surface area contributed by atoms with E-state index in [1.807, 2.05) is 31.2 Å². The van der Waals surface area contributed by atoms with Crippen molar-refractivity contribution >= 4 is 10.9 Å². The van der Waals surface area contributed by atoms with Gasteiger partial charge in [-0.25, -0.2) is 14.8 Å². The van der Waals surface area contributed by atoms with Crippen LogP contribution in [0, 0.1) is 0 Å². The molecular formula is C15H19N3O4. The molecule has 3 rings (SSSR count). The first kappa shape index (κ1) is 15.0. The Morgan fingerprint density at radius 1 is 1.27 bits per heavy atom. The highest BCUT2D eigenvalue weighted by Gasteiger charge is 2.16. The minimum atomic E-state index is -0.254. The molecule has 118 valence electrons. The molecule has 1 saturated heterocycles. The summed E-state index contributed by atoms with van der Waals surface area (Å²) in [6.07, 6.45) is -0.254. The lowest BCUT2D eigenvalue weighted by Crippen LogP contribution is -2.60. The van der Waals surface area contributed by atoms with Crippen molar-refractivity contribution in [1.29, 1.82) is 0 Å². The molecule has 0 radical (unpaired) electrons. The van der Waals surface area contributed by atoms with Gasteiger partial charge in [-0.05, 0) is 25.1 Å². The van der Waals surface area contributed by atoms with E-state index in [9.17, 15) is 0 Å². The predicted octanol–water partition coefficient (Wildman–Crippen LogP) is 1.52. The largest absolute Gasteiger partial charge is 0.497 e. The van der Waals surface area contributed by atoms with Crippen LogP contribution in [0.25, 0.3) is 10.9 Å². The number of methoxy groups -OCH3 is 1. The Balaban J connectivity index is 1.80. The van der Waals surface area contributed by atoms with Gasteiger partial charge in [0.25, 0.3) is 0 Å². The molecule has 1 aromatic heterocycles. The van der Waals surface area contributed by atoms with Gasteiger partial charge in [-0.15, -0.1) is 0 Å². The van der Waals surface area contributed by atoms with Crippen molar-refractivity contribution < 1.29 is 19.2 Å². The molecular weight excluding hydrogens is 286 g/mol. The van der Waals surface area contributed by atoms with E-state index in [2.05, 4.69) is 15.6 Å². The van der Waals surface area contributed by atoms with Gasteiger partial charge in [-0.2, -0.15) is 0 Å². The zero-order valence-corrected chi connectivity index (χ0v) is 12.6. The van der Waals surface area contributed by atoms with Crippen molar-refractivity contribution in [3.63, 3.8) is 0 Å². The van der Waals surface area contributed by atoms with Crippen LogP contribution in [0.1, 0.15) is 12.6 Å². The van der Waals surface area contributed by atoms with Crippen LogP contribution in [0.3, 0.4) is 0 Å². The summed E-state index contributed by atoms with van der Waals surface area (Å²) in [7, 11) is 1.64. The topological polar surface area (TPSA) is 73.9 Å². The van der Waals surface area contributed by atoms with Gasteiger partial charge in [0, 0.05) is 11.5 Å². The van der Waals surface area contributed by atoms with Gasteiger partial charge >= 0.3 is 0 Å². The maximum Gasteiger partial charge on any atom is 0.199 e. The van der Waals surface area contributed by atoms with Crippen molar-refractivity contribution in [3.05, 3.63) is 30.0 Å². The summed E-state index contributed by atoms with van der Waals surface area (Å²) in [6, 6.07) is 7.54. The first-order chi connectivity index (χ1) is 10.8. The maximum absolute atomic E-state index is 5.70. The fraction of sp³-hybridized carbons (Fsp3) is 0.400. The van der Waals surface area contributed by atoms with E-state index < -0.39 is 0 Å². The van der Waals surface area contributed by atoms with Gasteiger partial charge in [0.2, 0.25) is 0 Å². The molecule has 0 aliphatic carbocycles. The number of pyridine rings is 1. The summed E-state index contributed by atoms with van der Waals surface area (Å²) >= 11 is 0. The summed E-state index contributed by atoms with van der Waals surface area (Å²) in [6.45, 7) is 3.48. The second kappa shape index (κ2) is 6.89. The lowest BCUT2D eigenvalue weighted by Gasteiger charge is -2.27. The normalized spacial score (nSPS) is 14.8. The van der Waals surface area contributed by atoms with Crippen LogP contribution in [-0.2, 0) is 16.4 Å². The maximum atomic E-state index is 5.70. The molecule has 2 aromatic rings. The standard InChI is InChI=1S/C15H19N3O4/c1-3-20-14-6-10(8-21-22-15-16-9-17-15)18-13-5-4-11(19-2)7-12(13)14/h4-7,15-17H,3,8-9H2,1-2H3. The third-order valence-electron chi connectivity index (χ3n) is 3.28. The number of nitrogens with one attached hydrogen (secondary N) is 2. The zero-order chi connectivity index (χ0) is 15.4. The van der Waals surface area contributed by atoms with Gasteiger partial charge in [0.15, 0.2) is 6.35 Å². The lowest BCUT2D eigenvalue weighted by atomic mass is 10.1. The Morgan fingerprint density at radius 3 is 2.82 bits per heavy atom. The molecule has 0 bridgehead atoms. The number of rotatable bonds is 7. The zero-order valence-electron chi connectivity index (χ0n) is 12.6. The smallest absolute Gasteiger partial charge is 0.199 e. The summed E-state index contributed by atoms with van der Waals surface area (Å²) in [5, 5.41) is 6.89. The van der Waals surface area contributed by atoms with Crippen LogP contribution in [-0.4, -0.2) is 31.7 Å². The molecule has 0 atom stereocenters. The Morgan fingerprint density at radius 2 is 2.14 bits per heavy atom. The molecule has 1 aliphatic heterocycles. The average molecular weight is 305 g/mol. The molecule has 1 aromatic carbocycles. The van der Waals surface area contributed by atoms with Gasteiger partial charge in [0.05, 0.1) is 31.6 Å². The predicted molar refractivity (Wildman–Crippen MR) is 80.3 cm³/mol. The fourth-order valence-electron chi connectivity index (χ4n) is 2.12. The number of hydrogen-bond donors (Lipinski definition) is 2. The summed E-state index contributed by atoms with van der Waals surface area (Å²) < 4.78 is 11.0. The molecule has 1 fully saturated rings. The monoisotopic (exact) mass is 305 g/mol. The number of nitrogens with zero attached hydrogens (tertiary/aromatic N) is 1. The van der Waals surface area contributed by atoms with Crippen LogP contribution < -0.4 is 20.1 Å². The van der Waals surface area contributed by atoms with Crippen molar-refractivity contribution in [2.24, 2.45) is 0 Å². The molecule has 2 heterocycles. The quantitative estimate of drug-likeness (QED) is 0.593. The van der Waals surface area contributed by atoms with E-state index in [0.29, 0.717) is 6.61 Å². The van der Waals surface area contributed by atoms with E-state index in [1.54, 1.807) is 7.11 Å². The Kier molecular flexibility index (Phi) is 4.69. The first-order valence-corrected chi connectivity index (χ1v) is 7.15. The highest BCUT2D eigenvalue weighted by atomic mass is 17.2. The Hall–Kier alpha value is -1.93. The third-order valence-corrected chi connectivity index (χ3v) is 3.28. The van der Waals surface area contributed by atoms with Crippen LogP contribution in [0.2, 0.25) is 0 Å². The van der Waals surface area contributed by atoms with Crippen molar-refractivity contribution in [3.8, 4) is 11.5 Å². The third kappa shape index (κ3) is 3.28. The molecule has 7 nitrogen and oxygen atoms in total. The fourth-order valence-corrected chi connectivity index (χ4v) is 2.12. The van der Waals surface area contributed by atoms with Gasteiger partial charge in [0.1, 0.15) is 18.1 Å². The Labute approximate surface area is 128 Å². The number of benzene rings is 1.